The lowest BCUT2D eigenvalue weighted by Crippen LogP contribution is -2.48. The van der Waals surface area contributed by atoms with E-state index in [4.69, 9.17) is 4.74 Å². The average molecular weight is 618 g/mol. The molecule has 0 aliphatic carbocycles. The van der Waals surface area contributed by atoms with Crippen LogP contribution in [-0.2, 0) is 19.1 Å². The number of carbonyl (C=O) groups excluding carboxylic acids is 2. The quantitative estimate of drug-likeness (QED) is 0.136. The smallest absolute Gasteiger partial charge is 0.329 e. The molecule has 10 nitrogen and oxygen atoms in total. The van der Waals surface area contributed by atoms with Gasteiger partial charge in [-0.2, -0.15) is 5.26 Å². The first-order valence-corrected chi connectivity index (χ1v) is 15.8. The van der Waals surface area contributed by atoms with E-state index < -0.39 is 35.2 Å². The van der Waals surface area contributed by atoms with E-state index in [1.54, 1.807) is 6.26 Å². The predicted molar refractivity (Wildman–Crippen MR) is 165 cm³/mol. The minimum absolute atomic E-state index is 0.0313. The fraction of sp³-hybridized carbons (Fsp3) is 0.688. The number of pyridine rings is 1. The normalized spacial score (nSPS) is 15.3. The molecule has 1 aliphatic rings. The van der Waals surface area contributed by atoms with Gasteiger partial charge in [0.25, 0.3) is 0 Å². The number of nitrogens with zero attached hydrogens (tertiary/aromatic N) is 3. The van der Waals surface area contributed by atoms with Crippen molar-refractivity contribution >= 4 is 41.3 Å². The standard InChI is InChI=1S/C32H47N3O7S/c1-29(2,3)22(30(4,5)6)11-14-32(27(38)39,28(40)41)23(36)21-17-20(18-33)24(34-25(21)43-10)35-15-12-19(13-16-35)26(37)42-31(7,8)9/h17,19,22H,11-16H2,1-10H3,(H,38,39)(H,40,41). The summed E-state index contributed by atoms with van der Waals surface area (Å²) in [6.45, 7) is 18.3. The minimum atomic E-state index is -2.75. The molecule has 0 amide bonds. The van der Waals surface area contributed by atoms with Gasteiger partial charge in [-0.25, -0.2) is 4.98 Å². The van der Waals surface area contributed by atoms with Gasteiger partial charge < -0.3 is 19.8 Å². The molecule has 1 aliphatic heterocycles. The van der Waals surface area contributed by atoms with Crippen LogP contribution in [0.3, 0.4) is 0 Å². The van der Waals surface area contributed by atoms with E-state index in [0.717, 1.165) is 11.8 Å². The number of hydrogen-bond donors (Lipinski definition) is 2. The third kappa shape index (κ3) is 8.28. The Hall–Kier alpha value is -3.13. The largest absolute Gasteiger partial charge is 0.480 e. The van der Waals surface area contributed by atoms with Crippen LogP contribution in [0.15, 0.2) is 11.1 Å². The first kappa shape index (κ1) is 36.1. The zero-order chi connectivity index (χ0) is 33.1. The summed E-state index contributed by atoms with van der Waals surface area (Å²) in [5.41, 5.74) is -4.07. The number of aromatic nitrogens is 1. The summed E-state index contributed by atoms with van der Waals surface area (Å²) in [5.74, 6) is -4.94. The molecule has 238 valence electrons. The molecule has 0 bridgehead atoms. The monoisotopic (exact) mass is 617 g/mol. The summed E-state index contributed by atoms with van der Waals surface area (Å²) in [7, 11) is 0. The highest BCUT2D eigenvalue weighted by atomic mass is 32.2. The second-order valence-corrected chi connectivity index (χ2v) is 15.3. The summed E-state index contributed by atoms with van der Waals surface area (Å²) in [6.07, 6.45) is 2.41. The number of anilines is 1. The molecule has 0 atom stereocenters. The number of Topliss-reactive ketones (excluding diaryl/α,β-unsaturated/α-hetero) is 1. The highest BCUT2D eigenvalue weighted by Crippen LogP contribution is 2.46. The molecule has 2 heterocycles. The highest BCUT2D eigenvalue weighted by molar-refractivity contribution is 7.98. The van der Waals surface area contributed by atoms with Crippen LogP contribution in [0, 0.1) is 39.4 Å². The van der Waals surface area contributed by atoms with Crippen LogP contribution in [0.25, 0.3) is 0 Å². The molecular formula is C32H47N3O7S. The third-order valence-corrected chi connectivity index (χ3v) is 8.77. The van der Waals surface area contributed by atoms with Crippen LogP contribution < -0.4 is 4.90 Å². The molecule has 1 aromatic rings. The molecule has 0 radical (unpaired) electrons. The number of carboxylic acids is 2. The van der Waals surface area contributed by atoms with Crippen LogP contribution in [0.2, 0.25) is 0 Å². The number of nitriles is 1. The Morgan fingerprint density at radius 3 is 1.93 bits per heavy atom. The van der Waals surface area contributed by atoms with Gasteiger partial charge in [-0.1, -0.05) is 41.5 Å². The Bertz CT molecular complexity index is 1250. The third-order valence-electron chi connectivity index (χ3n) is 8.08. The van der Waals surface area contributed by atoms with Crippen molar-refractivity contribution in [3.05, 3.63) is 17.2 Å². The molecule has 0 aromatic carbocycles. The van der Waals surface area contributed by atoms with E-state index in [0.29, 0.717) is 31.7 Å². The number of ether oxygens (including phenoxy) is 1. The van der Waals surface area contributed by atoms with Crippen LogP contribution in [0.1, 0.15) is 104 Å². The van der Waals surface area contributed by atoms with Gasteiger partial charge in [0, 0.05) is 13.1 Å². The van der Waals surface area contributed by atoms with Gasteiger partial charge in [0.05, 0.1) is 17.0 Å². The molecule has 11 heteroatoms. The van der Waals surface area contributed by atoms with Crippen LogP contribution in [-0.4, -0.2) is 63.8 Å². The molecule has 1 fully saturated rings. The maximum atomic E-state index is 14.0. The average Bonchev–Trinajstić information content (AvgIpc) is 2.87. The Labute approximate surface area is 259 Å². The van der Waals surface area contributed by atoms with Crippen molar-refractivity contribution in [1.82, 2.24) is 4.98 Å². The van der Waals surface area contributed by atoms with E-state index in [1.807, 2.05) is 67.2 Å². The number of ketones is 1. The van der Waals surface area contributed by atoms with E-state index >= 15 is 0 Å². The van der Waals surface area contributed by atoms with Crippen molar-refractivity contribution in [1.29, 1.82) is 5.26 Å². The van der Waals surface area contributed by atoms with Crippen LogP contribution >= 0.6 is 11.8 Å². The number of aliphatic carboxylic acids is 2. The van der Waals surface area contributed by atoms with E-state index in [1.165, 1.54) is 6.07 Å². The number of rotatable bonds is 10. The molecule has 0 unspecified atom stereocenters. The minimum Gasteiger partial charge on any atom is -0.480 e. The van der Waals surface area contributed by atoms with Crippen LogP contribution in [0.5, 0.6) is 0 Å². The number of thioether (sulfide) groups is 1. The molecule has 1 aromatic heterocycles. The Morgan fingerprint density at radius 1 is 1.02 bits per heavy atom. The zero-order valence-corrected chi connectivity index (χ0v) is 28.0. The van der Waals surface area contributed by atoms with E-state index in [2.05, 4.69) is 11.1 Å². The summed E-state index contributed by atoms with van der Waals surface area (Å²) in [5, 5.41) is 30.8. The number of carboxylic acid groups (broad SMARTS) is 2. The van der Waals surface area contributed by atoms with Gasteiger partial charge in [-0.3, -0.25) is 19.2 Å². The predicted octanol–water partition coefficient (Wildman–Crippen LogP) is 6.06. The van der Waals surface area contributed by atoms with Gasteiger partial charge in [0.15, 0.2) is 5.78 Å². The van der Waals surface area contributed by atoms with Crippen molar-refractivity contribution in [2.45, 2.75) is 98.6 Å². The molecule has 2 rings (SSSR count). The first-order chi connectivity index (χ1) is 19.6. The van der Waals surface area contributed by atoms with Gasteiger partial charge in [0.1, 0.15) is 22.5 Å². The van der Waals surface area contributed by atoms with Gasteiger partial charge in [0.2, 0.25) is 5.41 Å². The van der Waals surface area contributed by atoms with Crippen molar-refractivity contribution in [2.24, 2.45) is 28.1 Å². The molecule has 1 saturated heterocycles. The second kappa shape index (κ2) is 13.2. The van der Waals surface area contributed by atoms with Gasteiger partial charge in [-0.15, -0.1) is 11.8 Å². The van der Waals surface area contributed by atoms with Crippen molar-refractivity contribution in [3.8, 4) is 6.07 Å². The number of piperidine rings is 1. The summed E-state index contributed by atoms with van der Waals surface area (Å²) < 4.78 is 5.52. The van der Waals surface area contributed by atoms with Crippen molar-refractivity contribution in [2.75, 3.05) is 24.2 Å². The number of hydrogen-bond acceptors (Lipinski definition) is 9. The fourth-order valence-electron chi connectivity index (χ4n) is 6.21. The van der Waals surface area contributed by atoms with E-state index in [9.17, 15) is 34.7 Å². The van der Waals surface area contributed by atoms with E-state index in [-0.39, 0.29) is 51.2 Å². The summed E-state index contributed by atoms with van der Waals surface area (Å²) >= 11 is 1.08. The fourth-order valence-corrected chi connectivity index (χ4v) is 6.76. The number of carbonyl (C=O) groups is 4. The highest BCUT2D eigenvalue weighted by Gasteiger charge is 2.55. The number of esters is 1. The summed E-state index contributed by atoms with van der Waals surface area (Å²) in [6, 6.07) is 3.32. The maximum absolute atomic E-state index is 14.0. The van der Waals surface area contributed by atoms with Crippen molar-refractivity contribution in [3.63, 3.8) is 0 Å². The lowest BCUT2D eigenvalue weighted by atomic mass is 9.62. The molecule has 43 heavy (non-hydrogen) atoms. The summed E-state index contributed by atoms with van der Waals surface area (Å²) in [4.78, 5) is 58.4. The topological polar surface area (TPSA) is 158 Å². The van der Waals surface area contributed by atoms with Crippen LogP contribution in [0.4, 0.5) is 5.82 Å². The lowest BCUT2D eigenvalue weighted by Gasteiger charge is -2.42. The van der Waals surface area contributed by atoms with Gasteiger partial charge in [-0.05, 0) is 75.5 Å². The second-order valence-electron chi connectivity index (χ2n) is 14.5. The lowest BCUT2D eigenvalue weighted by molar-refractivity contribution is -0.162. The Balaban J connectivity index is 2.50. The molecule has 0 saturated carbocycles. The van der Waals surface area contributed by atoms with Gasteiger partial charge >= 0.3 is 17.9 Å². The molecule has 2 N–H and O–H groups in total. The first-order valence-electron chi connectivity index (χ1n) is 14.6. The SMILES string of the molecule is CSc1nc(N2CCC(C(=O)OC(C)(C)C)CC2)c(C#N)cc1C(=O)C(CCC(C(C)(C)C)C(C)(C)C)(C(=O)O)C(=O)O. The molecule has 0 spiro atoms. The van der Waals surface area contributed by atoms with Crippen molar-refractivity contribution < 1.29 is 34.1 Å². The maximum Gasteiger partial charge on any atom is 0.329 e. The Morgan fingerprint density at radius 2 is 1.53 bits per heavy atom. The Kier molecular flexibility index (Phi) is 11.1. The zero-order valence-electron chi connectivity index (χ0n) is 27.2. The molecular weight excluding hydrogens is 570 g/mol.